The number of halogens is 2. The SMILES string of the molecule is FC1=C(Br)C[CH]C=C1. The van der Waals surface area contributed by atoms with Crippen LogP contribution >= 0.6 is 15.9 Å². The highest BCUT2D eigenvalue weighted by Gasteiger charge is 2.02. The number of rotatable bonds is 0. The molecule has 1 aliphatic rings. The molecule has 0 nitrogen and oxygen atoms in total. The topological polar surface area (TPSA) is 0 Å². The third kappa shape index (κ3) is 1.19. The van der Waals surface area contributed by atoms with E-state index in [1.54, 1.807) is 6.08 Å². The van der Waals surface area contributed by atoms with Crippen molar-refractivity contribution in [3.05, 3.63) is 28.9 Å². The maximum Gasteiger partial charge on any atom is 0.133 e. The molecule has 2 heteroatoms. The lowest BCUT2D eigenvalue weighted by atomic mass is 10.2. The minimum atomic E-state index is -0.160. The highest BCUT2D eigenvalue weighted by Crippen LogP contribution is 2.23. The molecule has 1 radical (unpaired) electrons. The Labute approximate surface area is 56.2 Å². The van der Waals surface area contributed by atoms with E-state index in [9.17, 15) is 4.39 Å². The zero-order chi connectivity index (χ0) is 5.98. The van der Waals surface area contributed by atoms with Crippen molar-refractivity contribution >= 4 is 15.9 Å². The Hall–Kier alpha value is -0.110. The maximum absolute atomic E-state index is 12.3. The molecule has 0 aromatic carbocycles. The third-order valence-electron chi connectivity index (χ3n) is 0.935. The average Bonchev–Trinajstić information content (AvgIpc) is 1.77. The molecule has 0 unspecified atom stereocenters. The third-order valence-corrected chi connectivity index (χ3v) is 1.64. The van der Waals surface area contributed by atoms with E-state index in [1.165, 1.54) is 6.08 Å². The second kappa shape index (κ2) is 2.44. The number of hydrogen-bond donors (Lipinski definition) is 0. The van der Waals surface area contributed by atoms with Crippen molar-refractivity contribution in [3.63, 3.8) is 0 Å². The molecular formula is C6H5BrF. The molecule has 0 spiro atoms. The van der Waals surface area contributed by atoms with Crippen LogP contribution in [-0.2, 0) is 0 Å². The molecule has 0 fully saturated rings. The number of allylic oxidation sites excluding steroid dienone is 4. The van der Waals surface area contributed by atoms with Gasteiger partial charge >= 0.3 is 0 Å². The summed E-state index contributed by atoms with van der Waals surface area (Å²) in [6.45, 7) is 0. The molecule has 0 aromatic heterocycles. The summed E-state index contributed by atoms with van der Waals surface area (Å²) >= 11 is 3.08. The van der Waals surface area contributed by atoms with Crippen molar-refractivity contribution in [1.29, 1.82) is 0 Å². The molecule has 0 bridgehead atoms. The lowest BCUT2D eigenvalue weighted by Crippen LogP contribution is -1.82. The van der Waals surface area contributed by atoms with Gasteiger partial charge in [-0.05, 0) is 18.9 Å². The van der Waals surface area contributed by atoms with Gasteiger partial charge in [0.05, 0.1) is 0 Å². The Bertz CT molecular complexity index is 147. The first kappa shape index (κ1) is 6.02. The van der Waals surface area contributed by atoms with Crippen LogP contribution < -0.4 is 0 Å². The highest BCUT2D eigenvalue weighted by atomic mass is 79.9. The molecule has 0 saturated heterocycles. The molecule has 43 valence electrons. The molecule has 0 heterocycles. The van der Waals surface area contributed by atoms with E-state index < -0.39 is 0 Å². The maximum atomic E-state index is 12.3. The molecule has 1 aliphatic carbocycles. The van der Waals surface area contributed by atoms with Gasteiger partial charge in [0.1, 0.15) is 5.83 Å². The van der Waals surface area contributed by atoms with Gasteiger partial charge in [0.25, 0.3) is 0 Å². The normalized spacial score (nSPS) is 19.8. The minimum Gasteiger partial charge on any atom is -0.206 e. The largest absolute Gasteiger partial charge is 0.206 e. The fourth-order valence-electron chi connectivity index (χ4n) is 0.512. The Morgan fingerprint density at radius 2 is 2.38 bits per heavy atom. The smallest absolute Gasteiger partial charge is 0.133 e. The average molecular weight is 176 g/mol. The summed E-state index contributed by atoms with van der Waals surface area (Å²) in [6.07, 6.45) is 5.73. The second-order valence-electron chi connectivity index (χ2n) is 1.55. The van der Waals surface area contributed by atoms with E-state index in [-0.39, 0.29) is 5.83 Å². The molecule has 0 aromatic rings. The Balaban J connectivity index is 2.76. The van der Waals surface area contributed by atoms with Crippen molar-refractivity contribution in [2.75, 3.05) is 0 Å². The van der Waals surface area contributed by atoms with Crippen molar-refractivity contribution in [2.45, 2.75) is 6.42 Å². The van der Waals surface area contributed by atoms with E-state index in [1.807, 2.05) is 6.42 Å². The molecule has 1 rings (SSSR count). The summed E-state index contributed by atoms with van der Waals surface area (Å²) < 4.78 is 12.9. The van der Waals surface area contributed by atoms with Crippen LogP contribution in [0.5, 0.6) is 0 Å². The summed E-state index contributed by atoms with van der Waals surface area (Å²) in [4.78, 5) is 0. The van der Waals surface area contributed by atoms with Crippen LogP contribution in [0.1, 0.15) is 6.42 Å². The summed E-state index contributed by atoms with van der Waals surface area (Å²) in [5.74, 6) is -0.160. The van der Waals surface area contributed by atoms with Crippen LogP contribution in [0.3, 0.4) is 0 Å². The lowest BCUT2D eigenvalue weighted by molar-refractivity contribution is 0.656. The summed E-state index contributed by atoms with van der Waals surface area (Å²) in [7, 11) is 0. The number of hydrogen-bond acceptors (Lipinski definition) is 0. The lowest BCUT2D eigenvalue weighted by Gasteiger charge is -2.00. The van der Waals surface area contributed by atoms with Gasteiger partial charge in [-0.15, -0.1) is 0 Å². The van der Waals surface area contributed by atoms with Gasteiger partial charge in [-0.2, -0.15) is 0 Å². The zero-order valence-electron chi connectivity index (χ0n) is 4.20. The van der Waals surface area contributed by atoms with Crippen LogP contribution in [0, 0.1) is 6.42 Å². The standard InChI is InChI=1S/C6H5BrF/c7-5-3-1-2-4-6(5)8/h1-2,4H,3H2. The summed E-state index contributed by atoms with van der Waals surface area (Å²) in [6, 6.07) is 0. The van der Waals surface area contributed by atoms with Crippen LogP contribution in [0.4, 0.5) is 4.39 Å². The quantitative estimate of drug-likeness (QED) is 0.532. The molecule has 0 aliphatic heterocycles. The van der Waals surface area contributed by atoms with E-state index in [0.717, 1.165) is 0 Å². The van der Waals surface area contributed by atoms with Gasteiger partial charge in [-0.25, -0.2) is 4.39 Å². The van der Waals surface area contributed by atoms with Gasteiger partial charge in [0.15, 0.2) is 0 Å². The first-order chi connectivity index (χ1) is 3.80. The van der Waals surface area contributed by atoms with Crippen LogP contribution in [-0.4, -0.2) is 0 Å². The van der Waals surface area contributed by atoms with E-state index in [4.69, 9.17) is 0 Å². The van der Waals surface area contributed by atoms with Crippen molar-refractivity contribution < 1.29 is 4.39 Å². The Morgan fingerprint density at radius 3 is 2.75 bits per heavy atom. The van der Waals surface area contributed by atoms with Gasteiger partial charge in [-0.1, -0.05) is 22.0 Å². The molecule has 0 saturated carbocycles. The van der Waals surface area contributed by atoms with Crippen LogP contribution in [0.25, 0.3) is 0 Å². The van der Waals surface area contributed by atoms with Crippen molar-refractivity contribution in [3.8, 4) is 0 Å². The molecular weight excluding hydrogens is 171 g/mol. The van der Waals surface area contributed by atoms with Crippen LogP contribution in [0.15, 0.2) is 22.5 Å². The highest BCUT2D eigenvalue weighted by molar-refractivity contribution is 9.11. The fourth-order valence-corrected chi connectivity index (χ4v) is 0.831. The zero-order valence-corrected chi connectivity index (χ0v) is 5.78. The molecule has 0 N–H and O–H groups in total. The second-order valence-corrected chi connectivity index (χ2v) is 2.51. The first-order valence-corrected chi connectivity index (χ1v) is 3.14. The first-order valence-electron chi connectivity index (χ1n) is 2.35. The van der Waals surface area contributed by atoms with Crippen molar-refractivity contribution in [2.24, 2.45) is 0 Å². The summed E-state index contributed by atoms with van der Waals surface area (Å²) in [5, 5.41) is 0. The molecule has 0 amide bonds. The Morgan fingerprint density at radius 1 is 1.62 bits per heavy atom. The fraction of sp³-hybridized carbons (Fsp3) is 0.167. The predicted molar refractivity (Wildman–Crippen MR) is 35.1 cm³/mol. The monoisotopic (exact) mass is 175 g/mol. The van der Waals surface area contributed by atoms with E-state index in [2.05, 4.69) is 15.9 Å². The predicted octanol–water partition coefficient (Wildman–Crippen LogP) is 2.73. The van der Waals surface area contributed by atoms with Gasteiger partial charge in [0, 0.05) is 4.48 Å². The summed E-state index contributed by atoms with van der Waals surface area (Å²) in [5.41, 5.74) is 0. The minimum absolute atomic E-state index is 0.160. The van der Waals surface area contributed by atoms with Crippen molar-refractivity contribution in [1.82, 2.24) is 0 Å². The van der Waals surface area contributed by atoms with Gasteiger partial charge < -0.3 is 0 Å². The van der Waals surface area contributed by atoms with Crippen LogP contribution in [0.2, 0.25) is 0 Å². The molecule has 0 atom stereocenters. The van der Waals surface area contributed by atoms with Gasteiger partial charge in [-0.3, -0.25) is 0 Å². The Kier molecular flexibility index (Phi) is 1.84. The van der Waals surface area contributed by atoms with E-state index in [0.29, 0.717) is 10.9 Å². The van der Waals surface area contributed by atoms with E-state index >= 15 is 0 Å². The van der Waals surface area contributed by atoms with Gasteiger partial charge in [0.2, 0.25) is 0 Å². The molecule has 8 heavy (non-hydrogen) atoms.